The van der Waals surface area contributed by atoms with Crippen LogP contribution in [0.15, 0.2) is 60.8 Å². The summed E-state index contributed by atoms with van der Waals surface area (Å²) in [6, 6.07) is 17.7. The minimum Gasteiger partial charge on any atom is -0.492 e. The highest BCUT2D eigenvalue weighted by Crippen LogP contribution is 2.20. The van der Waals surface area contributed by atoms with Crippen molar-refractivity contribution >= 4 is 16.8 Å². The molecule has 0 saturated carbocycles. The van der Waals surface area contributed by atoms with Crippen molar-refractivity contribution in [3.63, 3.8) is 0 Å². The Balaban J connectivity index is 1.29. The highest BCUT2D eigenvalue weighted by molar-refractivity contribution is 5.83. The molecule has 1 saturated heterocycles. The summed E-state index contributed by atoms with van der Waals surface area (Å²) in [6.07, 6.45) is 2.60. The third-order valence-corrected chi connectivity index (χ3v) is 4.93. The average Bonchev–Trinajstić information content (AvgIpc) is 3.36. The number of aromatic amines is 1. The van der Waals surface area contributed by atoms with Crippen LogP contribution in [0.1, 0.15) is 24.9 Å². The first-order valence-corrected chi connectivity index (χ1v) is 9.25. The van der Waals surface area contributed by atoms with Gasteiger partial charge < -0.3 is 15.0 Å². The van der Waals surface area contributed by atoms with Gasteiger partial charge in [-0.05, 0) is 54.6 Å². The van der Waals surface area contributed by atoms with E-state index in [1.807, 2.05) is 61.7 Å². The number of rotatable bonds is 6. The number of benzene rings is 2. The number of hydrogen-bond donors (Lipinski definition) is 4. The van der Waals surface area contributed by atoms with Gasteiger partial charge in [0.25, 0.3) is 0 Å². The van der Waals surface area contributed by atoms with Gasteiger partial charge in [-0.3, -0.25) is 10.2 Å². The maximum Gasteiger partial charge on any atom is 0.239 e. The molecule has 4 rings (SSSR count). The Bertz CT molecular complexity index is 909. The molecule has 0 radical (unpaired) electrons. The van der Waals surface area contributed by atoms with Gasteiger partial charge in [-0.15, -0.1) is 0 Å². The monoisotopic (exact) mass is 364 g/mol. The molecule has 2 aromatic carbocycles. The number of carbonyl (C=O) groups is 1. The number of hydrogen-bond acceptors (Lipinski definition) is 4. The average molecular weight is 364 g/mol. The number of carbonyl (C=O) groups excluding carboxylic acids is 1. The number of aromatic nitrogens is 1. The molecule has 0 spiro atoms. The summed E-state index contributed by atoms with van der Waals surface area (Å²) in [5.41, 5.74) is 8.42. The predicted molar refractivity (Wildman–Crippen MR) is 105 cm³/mol. The van der Waals surface area contributed by atoms with E-state index in [9.17, 15) is 4.79 Å². The number of fused-ring (bicyclic) bond motifs is 1. The predicted octanol–water partition coefficient (Wildman–Crippen LogP) is 2.66. The third kappa shape index (κ3) is 4.13. The summed E-state index contributed by atoms with van der Waals surface area (Å²) in [6.45, 7) is 2.52. The minimum atomic E-state index is -0.271. The summed E-state index contributed by atoms with van der Waals surface area (Å²) in [5.74, 6) is 0.826. The summed E-state index contributed by atoms with van der Waals surface area (Å²) in [4.78, 5) is 15.8. The first-order valence-electron chi connectivity index (χ1n) is 9.25. The van der Waals surface area contributed by atoms with E-state index in [1.54, 1.807) is 0 Å². The standard InChI is InChI=1S/C21H24N4O2/c1-14(15-7-8-19-16(11-15)9-10-22-19)23-21(26)20-12-17(24-25-20)13-27-18-5-3-2-4-6-18/h2-11,14,17,20,22,24-25H,12-13H2,1H3,(H,23,26). The molecule has 4 N–H and O–H groups in total. The molecule has 6 heteroatoms. The molecule has 6 nitrogen and oxygen atoms in total. The molecule has 1 aliphatic heterocycles. The Morgan fingerprint density at radius 3 is 2.89 bits per heavy atom. The van der Waals surface area contributed by atoms with Crippen LogP contribution in [0.3, 0.4) is 0 Å². The van der Waals surface area contributed by atoms with E-state index in [0.717, 1.165) is 22.2 Å². The van der Waals surface area contributed by atoms with Gasteiger partial charge in [-0.2, -0.15) is 0 Å². The Kier molecular flexibility index (Phi) is 5.09. The fourth-order valence-corrected chi connectivity index (χ4v) is 3.36. The van der Waals surface area contributed by atoms with Crippen LogP contribution >= 0.6 is 0 Å². The van der Waals surface area contributed by atoms with Crippen molar-refractivity contribution in [1.82, 2.24) is 21.2 Å². The SMILES string of the molecule is CC(NC(=O)C1CC(COc2ccccc2)NN1)c1ccc2[nH]ccc2c1. The first kappa shape index (κ1) is 17.6. The highest BCUT2D eigenvalue weighted by atomic mass is 16.5. The van der Waals surface area contributed by atoms with Gasteiger partial charge in [0, 0.05) is 11.7 Å². The molecular formula is C21H24N4O2. The third-order valence-electron chi connectivity index (χ3n) is 4.93. The van der Waals surface area contributed by atoms with E-state index in [2.05, 4.69) is 27.2 Å². The number of para-hydroxylation sites is 1. The van der Waals surface area contributed by atoms with Crippen LogP contribution in [0.25, 0.3) is 10.9 Å². The van der Waals surface area contributed by atoms with Gasteiger partial charge in [0.05, 0.1) is 12.1 Å². The molecule has 1 fully saturated rings. The van der Waals surface area contributed by atoms with E-state index < -0.39 is 0 Å². The number of nitrogens with one attached hydrogen (secondary N) is 4. The topological polar surface area (TPSA) is 78.2 Å². The lowest BCUT2D eigenvalue weighted by atomic mass is 10.0. The zero-order chi connectivity index (χ0) is 18.6. The molecule has 27 heavy (non-hydrogen) atoms. The minimum absolute atomic E-state index is 0.00798. The van der Waals surface area contributed by atoms with Crippen LogP contribution in [-0.2, 0) is 4.79 Å². The van der Waals surface area contributed by atoms with Crippen molar-refractivity contribution in [3.05, 3.63) is 66.4 Å². The summed E-state index contributed by atoms with van der Waals surface area (Å²) in [5, 5.41) is 4.24. The Morgan fingerprint density at radius 1 is 1.19 bits per heavy atom. The van der Waals surface area contributed by atoms with Gasteiger partial charge in [0.2, 0.25) is 5.91 Å². The maximum absolute atomic E-state index is 12.6. The summed E-state index contributed by atoms with van der Waals surface area (Å²) < 4.78 is 5.76. The van der Waals surface area contributed by atoms with E-state index in [4.69, 9.17) is 4.74 Å². The van der Waals surface area contributed by atoms with Crippen molar-refractivity contribution in [3.8, 4) is 5.75 Å². The van der Waals surface area contributed by atoms with Crippen LogP contribution in [-0.4, -0.2) is 29.6 Å². The fourth-order valence-electron chi connectivity index (χ4n) is 3.36. The molecular weight excluding hydrogens is 340 g/mol. The second kappa shape index (κ2) is 7.82. The maximum atomic E-state index is 12.6. The van der Waals surface area contributed by atoms with E-state index in [1.165, 1.54) is 0 Å². The largest absolute Gasteiger partial charge is 0.492 e. The lowest BCUT2D eigenvalue weighted by Gasteiger charge is -2.17. The number of ether oxygens (including phenoxy) is 1. The van der Waals surface area contributed by atoms with E-state index >= 15 is 0 Å². The molecule has 140 valence electrons. The molecule has 0 aliphatic carbocycles. The second-order valence-electron chi connectivity index (χ2n) is 6.95. The van der Waals surface area contributed by atoms with Gasteiger partial charge in [-0.1, -0.05) is 24.3 Å². The van der Waals surface area contributed by atoms with E-state index in [-0.39, 0.29) is 24.0 Å². The van der Waals surface area contributed by atoms with Crippen LogP contribution in [0.2, 0.25) is 0 Å². The van der Waals surface area contributed by atoms with Crippen molar-refractivity contribution in [1.29, 1.82) is 0 Å². The molecule has 1 aromatic heterocycles. The zero-order valence-corrected chi connectivity index (χ0v) is 15.2. The number of amides is 1. The molecule has 1 amide bonds. The molecule has 0 bridgehead atoms. The van der Waals surface area contributed by atoms with Gasteiger partial charge >= 0.3 is 0 Å². The Labute approximate surface area is 158 Å². The molecule has 1 aliphatic rings. The van der Waals surface area contributed by atoms with Crippen molar-refractivity contribution in [2.24, 2.45) is 0 Å². The Morgan fingerprint density at radius 2 is 2.04 bits per heavy atom. The van der Waals surface area contributed by atoms with Crippen LogP contribution < -0.4 is 20.9 Å². The molecule has 3 atom stereocenters. The van der Waals surface area contributed by atoms with Crippen LogP contribution in [0, 0.1) is 0 Å². The van der Waals surface area contributed by atoms with Crippen LogP contribution in [0.5, 0.6) is 5.75 Å². The van der Waals surface area contributed by atoms with Crippen molar-refractivity contribution in [2.45, 2.75) is 31.5 Å². The number of H-pyrrole nitrogens is 1. The molecule has 2 heterocycles. The van der Waals surface area contributed by atoms with Crippen molar-refractivity contribution < 1.29 is 9.53 Å². The zero-order valence-electron chi connectivity index (χ0n) is 15.2. The van der Waals surface area contributed by atoms with Gasteiger partial charge in [0.15, 0.2) is 0 Å². The first-order chi connectivity index (χ1) is 13.2. The fraction of sp³-hybridized carbons (Fsp3) is 0.286. The van der Waals surface area contributed by atoms with Crippen LogP contribution in [0.4, 0.5) is 0 Å². The quantitative estimate of drug-likeness (QED) is 0.542. The summed E-state index contributed by atoms with van der Waals surface area (Å²) in [7, 11) is 0. The Hall–Kier alpha value is -2.83. The lowest BCUT2D eigenvalue weighted by molar-refractivity contribution is -0.123. The highest BCUT2D eigenvalue weighted by Gasteiger charge is 2.30. The second-order valence-corrected chi connectivity index (χ2v) is 6.95. The van der Waals surface area contributed by atoms with Crippen molar-refractivity contribution in [2.75, 3.05) is 6.61 Å². The summed E-state index contributed by atoms with van der Waals surface area (Å²) >= 11 is 0. The van der Waals surface area contributed by atoms with E-state index in [0.29, 0.717) is 13.0 Å². The van der Waals surface area contributed by atoms with Gasteiger partial charge in [0.1, 0.15) is 18.4 Å². The molecule has 3 unspecified atom stereocenters. The molecule has 3 aromatic rings. The number of hydrazine groups is 1. The lowest BCUT2D eigenvalue weighted by Crippen LogP contribution is -2.44. The normalized spacial score (nSPS) is 20.5. The van der Waals surface area contributed by atoms with Gasteiger partial charge in [-0.25, -0.2) is 5.43 Å². The smallest absolute Gasteiger partial charge is 0.239 e.